The second-order valence-corrected chi connectivity index (χ2v) is 2.51. The van der Waals surface area contributed by atoms with E-state index >= 15 is 0 Å². The lowest BCUT2D eigenvalue weighted by atomic mass is 10.2. The Morgan fingerprint density at radius 3 is 2.79 bits per heavy atom. The molecule has 0 unspecified atom stereocenters. The van der Waals surface area contributed by atoms with Crippen molar-refractivity contribution in [3.05, 3.63) is 39.9 Å². The van der Waals surface area contributed by atoms with Gasteiger partial charge in [-0.2, -0.15) is 0 Å². The number of nitro benzene ring substituents is 1. The van der Waals surface area contributed by atoms with Gasteiger partial charge in [0.1, 0.15) is 0 Å². The number of hydrogen-bond acceptors (Lipinski definition) is 4. The zero-order valence-electron chi connectivity index (χ0n) is 7.48. The maximum atomic E-state index is 11.2. The molecule has 0 heterocycles. The molecular formula is C8H9N3O3. The van der Waals surface area contributed by atoms with Crippen LogP contribution in [0.4, 0.5) is 5.69 Å². The predicted octanol–water partition coefficient (Wildman–Crippen LogP) is 0.459. The fourth-order valence-corrected chi connectivity index (χ4v) is 0.946. The molecule has 0 radical (unpaired) electrons. The highest BCUT2D eigenvalue weighted by Crippen LogP contribution is 2.12. The van der Waals surface area contributed by atoms with Crippen molar-refractivity contribution >= 4 is 11.6 Å². The SMILES string of the molecule is CNNC(=O)c1cccc([N+](=O)[O-])c1. The normalized spacial score (nSPS) is 9.50. The Bertz CT molecular complexity index is 365. The number of rotatable bonds is 3. The summed E-state index contributed by atoms with van der Waals surface area (Å²) in [5.41, 5.74) is 4.90. The first-order valence-electron chi connectivity index (χ1n) is 3.86. The Labute approximate surface area is 80.0 Å². The van der Waals surface area contributed by atoms with Crippen LogP contribution in [0.3, 0.4) is 0 Å². The molecule has 1 amide bonds. The topological polar surface area (TPSA) is 84.3 Å². The van der Waals surface area contributed by atoms with Gasteiger partial charge in [0, 0.05) is 24.7 Å². The van der Waals surface area contributed by atoms with E-state index in [0.717, 1.165) is 0 Å². The minimum atomic E-state index is -0.545. The van der Waals surface area contributed by atoms with Crippen LogP contribution in [0.5, 0.6) is 0 Å². The van der Waals surface area contributed by atoms with E-state index in [1.807, 2.05) is 0 Å². The first-order valence-corrected chi connectivity index (χ1v) is 3.86. The first kappa shape index (κ1) is 10.1. The molecule has 0 aliphatic carbocycles. The quantitative estimate of drug-likeness (QED) is 0.542. The monoisotopic (exact) mass is 195 g/mol. The maximum absolute atomic E-state index is 11.2. The second-order valence-electron chi connectivity index (χ2n) is 2.51. The fraction of sp³-hybridized carbons (Fsp3) is 0.125. The molecule has 0 aliphatic rings. The second kappa shape index (κ2) is 4.33. The summed E-state index contributed by atoms with van der Waals surface area (Å²) >= 11 is 0. The van der Waals surface area contributed by atoms with E-state index < -0.39 is 10.8 Å². The van der Waals surface area contributed by atoms with Gasteiger partial charge in [0.2, 0.25) is 0 Å². The summed E-state index contributed by atoms with van der Waals surface area (Å²) in [6.07, 6.45) is 0. The number of amides is 1. The molecule has 0 spiro atoms. The van der Waals surface area contributed by atoms with Gasteiger partial charge in [0.25, 0.3) is 11.6 Å². The molecule has 1 aromatic carbocycles. The molecule has 0 saturated heterocycles. The molecule has 6 heteroatoms. The van der Waals surface area contributed by atoms with Crippen LogP contribution >= 0.6 is 0 Å². The van der Waals surface area contributed by atoms with Crippen LogP contribution in [0.2, 0.25) is 0 Å². The summed E-state index contributed by atoms with van der Waals surface area (Å²) in [5, 5.41) is 10.4. The van der Waals surface area contributed by atoms with Crippen molar-refractivity contribution in [1.82, 2.24) is 10.9 Å². The standard InChI is InChI=1S/C8H9N3O3/c1-9-10-8(12)6-3-2-4-7(5-6)11(13)14/h2-5,9H,1H3,(H,10,12). The number of hydrogen-bond donors (Lipinski definition) is 2. The Hall–Kier alpha value is -1.95. The Morgan fingerprint density at radius 1 is 1.50 bits per heavy atom. The molecule has 0 atom stereocenters. The number of nitrogens with zero attached hydrogens (tertiary/aromatic N) is 1. The fourth-order valence-electron chi connectivity index (χ4n) is 0.946. The maximum Gasteiger partial charge on any atom is 0.270 e. The van der Waals surface area contributed by atoms with E-state index in [1.54, 1.807) is 0 Å². The molecule has 6 nitrogen and oxygen atoms in total. The van der Waals surface area contributed by atoms with E-state index in [0.29, 0.717) is 0 Å². The lowest BCUT2D eigenvalue weighted by molar-refractivity contribution is -0.384. The lowest BCUT2D eigenvalue weighted by Crippen LogP contribution is -2.34. The average Bonchev–Trinajstić information content (AvgIpc) is 2.18. The molecule has 1 rings (SSSR count). The van der Waals surface area contributed by atoms with E-state index in [9.17, 15) is 14.9 Å². The summed E-state index contributed by atoms with van der Waals surface area (Å²) in [7, 11) is 1.54. The first-order chi connectivity index (χ1) is 6.65. The lowest BCUT2D eigenvalue weighted by Gasteiger charge is -2.01. The van der Waals surface area contributed by atoms with Gasteiger partial charge in [-0.1, -0.05) is 6.07 Å². The number of carbonyl (C=O) groups excluding carboxylic acids is 1. The van der Waals surface area contributed by atoms with Gasteiger partial charge >= 0.3 is 0 Å². The molecule has 14 heavy (non-hydrogen) atoms. The minimum absolute atomic E-state index is 0.103. The summed E-state index contributed by atoms with van der Waals surface area (Å²) in [5.74, 6) is -0.406. The highest BCUT2D eigenvalue weighted by Gasteiger charge is 2.10. The van der Waals surface area contributed by atoms with Crippen molar-refractivity contribution in [3.8, 4) is 0 Å². The van der Waals surface area contributed by atoms with Crippen LogP contribution in [0.1, 0.15) is 10.4 Å². The van der Waals surface area contributed by atoms with Gasteiger partial charge in [-0.25, -0.2) is 5.43 Å². The summed E-state index contributed by atoms with van der Waals surface area (Å²) in [4.78, 5) is 21.1. The van der Waals surface area contributed by atoms with Crippen molar-refractivity contribution in [2.45, 2.75) is 0 Å². The van der Waals surface area contributed by atoms with E-state index in [4.69, 9.17) is 0 Å². The van der Waals surface area contributed by atoms with Crippen LogP contribution in [-0.2, 0) is 0 Å². The van der Waals surface area contributed by atoms with Crippen LogP contribution in [-0.4, -0.2) is 17.9 Å². The molecular weight excluding hydrogens is 186 g/mol. The van der Waals surface area contributed by atoms with E-state index in [-0.39, 0.29) is 11.3 Å². The van der Waals surface area contributed by atoms with Crippen molar-refractivity contribution < 1.29 is 9.72 Å². The van der Waals surface area contributed by atoms with Gasteiger partial charge in [0.15, 0.2) is 0 Å². The van der Waals surface area contributed by atoms with Gasteiger partial charge in [-0.15, -0.1) is 0 Å². The van der Waals surface area contributed by atoms with E-state index in [1.165, 1.54) is 31.3 Å². The zero-order chi connectivity index (χ0) is 10.6. The van der Waals surface area contributed by atoms with Crippen LogP contribution in [0.25, 0.3) is 0 Å². The van der Waals surface area contributed by atoms with Crippen LogP contribution in [0.15, 0.2) is 24.3 Å². The number of benzene rings is 1. The third-order valence-electron chi connectivity index (χ3n) is 1.56. The minimum Gasteiger partial charge on any atom is -0.288 e. The Kier molecular flexibility index (Phi) is 3.14. The van der Waals surface area contributed by atoms with Crippen LogP contribution < -0.4 is 10.9 Å². The smallest absolute Gasteiger partial charge is 0.270 e. The zero-order valence-corrected chi connectivity index (χ0v) is 7.48. The van der Waals surface area contributed by atoms with Crippen molar-refractivity contribution in [1.29, 1.82) is 0 Å². The van der Waals surface area contributed by atoms with Gasteiger partial charge in [-0.05, 0) is 6.07 Å². The number of non-ortho nitro benzene ring substituents is 1. The molecule has 0 aromatic heterocycles. The number of nitrogens with one attached hydrogen (secondary N) is 2. The van der Waals surface area contributed by atoms with Gasteiger partial charge in [-0.3, -0.25) is 20.3 Å². The molecule has 1 aromatic rings. The largest absolute Gasteiger partial charge is 0.288 e. The number of hydrazine groups is 1. The van der Waals surface area contributed by atoms with Crippen molar-refractivity contribution in [2.24, 2.45) is 0 Å². The average molecular weight is 195 g/mol. The summed E-state index contributed by atoms with van der Waals surface area (Å²) in [6.45, 7) is 0. The molecule has 0 fully saturated rings. The Balaban J connectivity index is 2.93. The summed E-state index contributed by atoms with van der Waals surface area (Å²) in [6, 6.07) is 5.51. The third kappa shape index (κ3) is 2.27. The van der Waals surface area contributed by atoms with Gasteiger partial charge in [0.05, 0.1) is 4.92 Å². The molecule has 0 aliphatic heterocycles. The predicted molar refractivity (Wildman–Crippen MR) is 49.6 cm³/mol. The van der Waals surface area contributed by atoms with E-state index in [2.05, 4.69) is 10.9 Å². The van der Waals surface area contributed by atoms with Crippen molar-refractivity contribution in [2.75, 3.05) is 7.05 Å². The molecule has 0 bridgehead atoms. The number of carbonyl (C=O) groups is 1. The Morgan fingerprint density at radius 2 is 2.21 bits per heavy atom. The summed E-state index contributed by atoms with van der Waals surface area (Å²) < 4.78 is 0. The molecule has 74 valence electrons. The third-order valence-corrected chi connectivity index (χ3v) is 1.56. The highest BCUT2D eigenvalue weighted by molar-refractivity contribution is 5.94. The number of nitro groups is 1. The van der Waals surface area contributed by atoms with Crippen LogP contribution in [0, 0.1) is 10.1 Å². The highest BCUT2D eigenvalue weighted by atomic mass is 16.6. The molecule has 0 saturated carbocycles. The molecule has 2 N–H and O–H groups in total. The van der Waals surface area contributed by atoms with Crippen molar-refractivity contribution in [3.63, 3.8) is 0 Å². The van der Waals surface area contributed by atoms with Gasteiger partial charge < -0.3 is 0 Å².